The van der Waals surface area contributed by atoms with E-state index in [4.69, 9.17) is 18.0 Å². The molecule has 0 spiro atoms. The number of rotatable bonds is 3. The zero-order valence-electron chi connectivity index (χ0n) is 14.2. The van der Waals surface area contributed by atoms with Gasteiger partial charge in [-0.1, -0.05) is 28.9 Å². The zero-order chi connectivity index (χ0) is 18.9. The van der Waals surface area contributed by atoms with Crippen LogP contribution in [0.15, 0.2) is 23.2 Å². The summed E-state index contributed by atoms with van der Waals surface area (Å²) < 4.78 is 27.5. The summed E-state index contributed by atoms with van der Waals surface area (Å²) >= 11 is 7.38. The van der Waals surface area contributed by atoms with Crippen LogP contribution in [0.5, 0.6) is 0 Å². The van der Waals surface area contributed by atoms with Gasteiger partial charge in [0.05, 0.1) is 28.9 Å². The largest absolute Gasteiger partial charge is 0.305 e. The molecule has 0 radical (unpaired) electrons. The Balaban J connectivity index is 1.97. The second-order valence-electron chi connectivity index (χ2n) is 6.20. The first kappa shape index (κ1) is 19.1. The van der Waals surface area contributed by atoms with Crippen molar-refractivity contribution in [1.82, 2.24) is 8.87 Å². The summed E-state index contributed by atoms with van der Waals surface area (Å²) in [6.45, 7) is 0.905. The molecule has 0 N–H and O–H groups in total. The molecule has 2 heterocycles. The third kappa shape index (κ3) is 4.01. The Hall–Kier alpha value is -1.66. The summed E-state index contributed by atoms with van der Waals surface area (Å²) in [6, 6.07) is 5.42. The number of aromatic nitrogens is 1. The Morgan fingerprint density at radius 3 is 2.96 bits per heavy atom. The van der Waals surface area contributed by atoms with Gasteiger partial charge in [0.15, 0.2) is 4.80 Å². The number of hydrogen-bond acceptors (Lipinski definition) is 4. The topological polar surface area (TPSA) is 71.7 Å². The van der Waals surface area contributed by atoms with Crippen molar-refractivity contribution in [2.24, 2.45) is 10.9 Å². The van der Waals surface area contributed by atoms with Gasteiger partial charge in [0.1, 0.15) is 0 Å². The summed E-state index contributed by atoms with van der Waals surface area (Å²) in [5.41, 5.74) is 0.866. The van der Waals surface area contributed by atoms with Gasteiger partial charge in [0.25, 0.3) is 5.91 Å². The van der Waals surface area contributed by atoms with E-state index in [2.05, 4.69) is 10.9 Å². The van der Waals surface area contributed by atoms with Crippen LogP contribution < -0.4 is 4.80 Å². The SMILES string of the molecule is C#CCn1c(=NC(=O)[C@@H]2CCCN(S(C)(=O)=O)C2)sc2cc(Cl)ccc21. The Morgan fingerprint density at radius 1 is 1.50 bits per heavy atom. The van der Waals surface area contributed by atoms with Gasteiger partial charge in [-0.25, -0.2) is 12.7 Å². The number of carbonyl (C=O) groups is 1. The second kappa shape index (κ2) is 7.53. The summed E-state index contributed by atoms with van der Waals surface area (Å²) in [4.78, 5) is 17.4. The Bertz CT molecular complexity index is 1060. The molecule has 0 unspecified atom stereocenters. The first-order valence-corrected chi connectivity index (χ1v) is 11.1. The van der Waals surface area contributed by atoms with Crippen molar-refractivity contribution in [2.75, 3.05) is 19.3 Å². The molecule has 1 fully saturated rings. The molecule has 1 saturated heterocycles. The zero-order valence-corrected chi connectivity index (χ0v) is 16.6. The predicted octanol–water partition coefficient (Wildman–Crippen LogP) is 2.09. The number of hydrogen-bond donors (Lipinski definition) is 0. The minimum Gasteiger partial charge on any atom is -0.305 e. The number of benzene rings is 1. The molecule has 9 heteroatoms. The van der Waals surface area contributed by atoms with Crippen LogP contribution in [0.2, 0.25) is 5.02 Å². The minimum absolute atomic E-state index is 0.174. The molecule has 1 aromatic carbocycles. The number of thiazole rings is 1. The van der Waals surface area contributed by atoms with E-state index in [1.54, 1.807) is 10.6 Å². The van der Waals surface area contributed by atoms with Crippen LogP contribution in [0.4, 0.5) is 0 Å². The second-order valence-corrected chi connectivity index (χ2v) is 9.63. The number of carbonyl (C=O) groups excluding carboxylic acids is 1. The normalized spacial score (nSPS) is 19.6. The van der Waals surface area contributed by atoms with Crippen LogP contribution in [-0.4, -0.2) is 42.5 Å². The summed E-state index contributed by atoms with van der Waals surface area (Å²) in [5, 5.41) is 0.598. The lowest BCUT2D eigenvalue weighted by atomic mass is 9.99. The maximum absolute atomic E-state index is 12.7. The van der Waals surface area contributed by atoms with Crippen molar-refractivity contribution in [3.8, 4) is 12.3 Å². The van der Waals surface area contributed by atoms with Gasteiger partial charge in [-0.2, -0.15) is 4.99 Å². The van der Waals surface area contributed by atoms with Crippen molar-refractivity contribution >= 4 is 49.1 Å². The predicted molar refractivity (Wildman–Crippen MR) is 103 cm³/mol. The first-order valence-electron chi connectivity index (χ1n) is 8.05. The monoisotopic (exact) mass is 411 g/mol. The van der Waals surface area contributed by atoms with E-state index in [1.807, 2.05) is 12.1 Å². The van der Waals surface area contributed by atoms with E-state index in [9.17, 15) is 13.2 Å². The van der Waals surface area contributed by atoms with E-state index in [1.165, 1.54) is 15.6 Å². The molecule has 1 atom stereocenters. The van der Waals surface area contributed by atoms with Crippen LogP contribution in [0, 0.1) is 18.3 Å². The average Bonchev–Trinajstić information content (AvgIpc) is 2.91. The summed E-state index contributed by atoms with van der Waals surface area (Å²) in [7, 11) is -3.31. The summed E-state index contributed by atoms with van der Waals surface area (Å²) in [5.74, 6) is 1.82. The molecule has 0 saturated carbocycles. The molecule has 0 bridgehead atoms. The fourth-order valence-corrected chi connectivity index (χ4v) is 5.23. The van der Waals surface area contributed by atoms with Crippen molar-refractivity contribution < 1.29 is 13.2 Å². The van der Waals surface area contributed by atoms with Crippen molar-refractivity contribution in [2.45, 2.75) is 19.4 Å². The Morgan fingerprint density at radius 2 is 2.27 bits per heavy atom. The number of fused-ring (bicyclic) bond motifs is 1. The van der Waals surface area contributed by atoms with Gasteiger partial charge < -0.3 is 4.57 Å². The van der Waals surface area contributed by atoms with Gasteiger partial charge in [-0.05, 0) is 31.0 Å². The molecular formula is C17H18ClN3O3S2. The highest BCUT2D eigenvalue weighted by Crippen LogP contribution is 2.23. The lowest BCUT2D eigenvalue weighted by molar-refractivity contribution is -0.122. The third-order valence-corrected chi connectivity index (χ3v) is 6.85. The highest BCUT2D eigenvalue weighted by molar-refractivity contribution is 7.88. The van der Waals surface area contributed by atoms with E-state index in [0.29, 0.717) is 29.2 Å². The maximum atomic E-state index is 12.7. The maximum Gasteiger partial charge on any atom is 0.252 e. The minimum atomic E-state index is -3.31. The van der Waals surface area contributed by atoms with E-state index in [-0.39, 0.29) is 19.0 Å². The van der Waals surface area contributed by atoms with Crippen LogP contribution in [0.1, 0.15) is 12.8 Å². The summed E-state index contributed by atoms with van der Waals surface area (Å²) in [6.07, 6.45) is 7.89. The molecule has 0 aliphatic carbocycles. The van der Waals surface area contributed by atoms with Gasteiger partial charge >= 0.3 is 0 Å². The highest BCUT2D eigenvalue weighted by atomic mass is 35.5. The lowest BCUT2D eigenvalue weighted by Gasteiger charge is -2.28. The average molecular weight is 412 g/mol. The Kier molecular flexibility index (Phi) is 5.53. The lowest BCUT2D eigenvalue weighted by Crippen LogP contribution is -2.41. The van der Waals surface area contributed by atoms with Crippen molar-refractivity contribution in [3.05, 3.63) is 28.0 Å². The molecule has 1 amide bonds. The highest BCUT2D eigenvalue weighted by Gasteiger charge is 2.30. The number of terminal acetylenes is 1. The van der Waals surface area contributed by atoms with E-state index < -0.39 is 15.9 Å². The van der Waals surface area contributed by atoms with Gasteiger partial charge in [0, 0.05) is 18.1 Å². The molecule has 138 valence electrons. The van der Waals surface area contributed by atoms with Crippen molar-refractivity contribution in [1.29, 1.82) is 0 Å². The molecule has 3 rings (SSSR count). The molecule has 1 aliphatic rings. The number of amides is 1. The molecule has 1 aliphatic heterocycles. The van der Waals surface area contributed by atoms with Gasteiger partial charge in [-0.3, -0.25) is 4.79 Å². The van der Waals surface area contributed by atoms with Crippen LogP contribution in [0.25, 0.3) is 10.2 Å². The first-order chi connectivity index (χ1) is 12.3. The molecule has 26 heavy (non-hydrogen) atoms. The van der Waals surface area contributed by atoms with Gasteiger partial charge in [0.2, 0.25) is 10.0 Å². The van der Waals surface area contributed by atoms with Crippen LogP contribution in [0.3, 0.4) is 0 Å². The smallest absolute Gasteiger partial charge is 0.252 e. The fraction of sp³-hybridized carbons (Fsp3) is 0.412. The number of nitrogens with zero attached hydrogens (tertiary/aromatic N) is 3. The van der Waals surface area contributed by atoms with Crippen LogP contribution in [-0.2, 0) is 21.4 Å². The quantitative estimate of drug-likeness (QED) is 0.726. The molecule has 6 nitrogen and oxygen atoms in total. The van der Waals surface area contributed by atoms with Gasteiger partial charge in [-0.15, -0.1) is 6.42 Å². The van der Waals surface area contributed by atoms with E-state index >= 15 is 0 Å². The fourth-order valence-electron chi connectivity index (χ4n) is 3.01. The Labute approximate surface area is 161 Å². The number of halogens is 1. The molecule has 2 aromatic rings. The number of piperidine rings is 1. The van der Waals surface area contributed by atoms with Crippen LogP contribution >= 0.6 is 22.9 Å². The third-order valence-electron chi connectivity index (χ3n) is 4.30. The van der Waals surface area contributed by atoms with E-state index in [0.717, 1.165) is 16.5 Å². The molecule has 1 aromatic heterocycles. The van der Waals surface area contributed by atoms with Crippen molar-refractivity contribution in [3.63, 3.8) is 0 Å². The number of sulfonamides is 1. The molecular weight excluding hydrogens is 394 g/mol. The standard InChI is InChI=1S/C17H18ClN3O3S2/c1-3-8-21-14-7-6-13(18)10-15(14)25-17(21)19-16(22)12-5-4-9-20(11-12)26(2,23)24/h1,6-7,10,12H,4-5,8-9,11H2,2H3/t12-/m1/s1.